The number of carbonyl (C=O) groups is 8. The molecule has 0 radical (unpaired) electrons. The molecule has 6 rings (SSSR count). The number of carbonyl (C=O) groups excluding carboxylic acids is 8. The van der Waals surface area contributed by atoms with Crippen LogP contribution in [0.1, 0.15) is 54.3 Å². The predicted octanol–water partition coefficient (Wildman–Crippen LogP) is 5.78. The number of amides is 4. The molecule has 57 heavy (non-hydrogen) atoms. The third kappa shape index (κ3) is 8.05. The second-order valence-electron chi connectivity index (χ2n) is 12.8. The Balaban J connectivity index is 1.11. The van der Waals surface area contributed by atoms with Crippen molar-refractivity contribution in [3.05, 3.63) is 128 Å². The monoisotopic (exact) mass is 892 g/mol. The lowest BCUT2D eigenvalue weighted by atomic mass is 9.67. The minimum atomic E-state index is -2.43. The van der Waals surface area contributed by atoms with Gasteiger partial charge in [0.2, 0.25) is 23.6 Å². The van der Waals surface area contributed by atoms with E-state index in [4.69, 9.17) is 9.47 Å². The zero-order valence-corrected chi connectivity index (χ0v) is 32.5. The zero-order valence-electron chi connectivity index (χ0n) is 29.3. The summed E-state index contributed by atoms with van der Waals surface area (Å²) in [6.07, 6.45) is -1.25. The fourth-order valence-electron chi connectivity index (χ4n) is 6.46. The van der Waals surface area contributed by atoms with Crippen molar-refractivity contribution in [2.45, 2.75) is 12.8 Å². The van der Waals surface area contributed by atoms with Gasteiger partial charge in [0.15, 0.2) is 30.2 Å². The average Bonchev–Trinajstić information content (AvgIpc) is 3.69. The summed E-state index contributed by atoms with van der Waals surface area (Å²) < 4.78 is 11.8. The quantitative estimate of drug-likeness (QED) is 0.0942. The number of imide groups is 2. The number of rotatable bonds is 12. The fraction of sp³-hybridized carbons (Fsp3) is 0.171. The molecule has 0 bridgehead atoms. The molecule has 284 valence electrons. The molecule has 0 spiro atoms. The van der Waals surface area contributed by atoms with Crippen LogP contribution in [-0.4, -0.2) is 60.3 Å². The summed E-state index contributed by atoms with van der Waals surface area (Å²) in [5.41, 5.74) is -1.73. The van der Waals surface area contributed by atoms with E-state index in [2.05, 4.69) is 31.9 Å². The molecule has 0 aliphatic carbocycles. The van der Waals surface area contributed by atoms with Gasteiger partial charge in [0.25, 0.3) is 0 Å². The van der Waals surface area contributed by atoms with E-state index in [1.165, 1.54) is 48.5 Å². The van der Waals surface area contributed by atoms with E-state index >= 15 is 0 Å². The van der Waals surface area contributed by atoms with Gasteiger partial charge in [0.05, 0.1) is 46.5 Å². The van der Waals surface area contributed by atoms with Gasteiger partial charge in [0, 0.05) is 32.9 Å². The second kappa shape index (κ2) is 16.6. The maximum Gasteiger partial charge on any atom is 0.338 e. The number of halogens is 2. The van der Waals surface area contributed by atoms with Gasteiger partial charge in [-0.1, -0.05) is 56.1 Å². The molecule has 2 heterocycles. The van der Waals surface area contributed by atoms with Crippen LogP contribution in [0.4, 0.5) is 11.4 Å². The number of ether oxygens (including phenoxy) is 2. The lowest BCUT2D eigenvalue weighted by Crippen LogP contribution is -2.44. The number of nitriles is 2. The number of hydrogen-bond donors (Lipinski definition) is 0. The highest BCUT2D eigenvalue weighted by molar-refractivity contribution is 9.10. The number of esters is 2. The number of hydrogen-bond acceptors (Lipinski definition) is 12. The van der Waals surface area contributed by atoms with Crippen molar-refractivity contribution in [2.75, 3.05) is 23.0 Å². The fourth-order valence-corrected chi connectivity index (χ4v) is 6.99. The molecule has 2 unspecified atom stereocenters. The van der Waals surface area contributed by atoms with Gasteiger partial charge in [-0.05, 0) is 72.8 Å². The van der Waals surface area contributed by atoms with E-state index in [9.17, 15) is 48.9 Å². The first-order valence-corrected chi connectivity index (χ1v) is 18.5. The van der Waals surface area contributed by atoms with Gasteiger partial charge in [-0.3, -0.25) is 38.6 Å². The summed E-state index contributed by atoms with van der Waals surface area (Å²) in [7, 11) is 0. The van der Waals surface area contributed by atoms with Crippen LogP contribution in [0.5, 0.6) is 0 Å². The molecule has 0 aromatic heterocycles. The van der Waals surface area contributed by atoms with Crippen molar-refractivity contribution in [3.8, 4) is 12.1 Å². The van der Waals surface area contributed by atoms with Gasteiger partial charge >= 0.3 is 11.9 Å². The number of ketones is 2. The number of nitrogens with zero attached hydrogens (tertiary/aromatic N) is 4. The topological polar surface area (TPSA) is 209 Å². The maximum absolute atomic E-state index is 13.8. The van der Waals surface area contributed by atoms with Crippen molar-refractivity contribution in [1.82, 2.24) is 0 Å². The van der Waals surface area contributed by atoms with E-state index in [1.54, 1.807) is 60.7 Å². The molecule has 4 aromatic carbocycles. The first kappa shape index (κ1) is 40.1. The molecule has 2 atom stereocenters. The lowest BCUT2D eigenvalue weighted by molar-refractivity contribution is -0.126. The van der Waals surface area contributed by atoms with Crippen molar-refractivity contribution in [1.29, 1.82) is 10.5 Å². The second-order valence-corrected chi connectivity index (χ2v) is 14.7. The third-order valence-electron chi connectivity index (χ3n) is 9.49. The normalized spacial score (nSPS) is 16.6. The summed E-state index contributed by atoms with van der Waals surface area (Å²) >= 11 is 6.55. The molecule has 0 saturated carbocycles. The van der Waals surface area contributed by atoms with Crippen molar-refractivity contribution >= 4 is 90.4 Å². The molecule has 2 aliphatic rings. The Morgan fingerprint density at radius 2 is 0.877 bits per heavy atom. The van der Waals surface area contributed by atoms with E-state index in [-0.39, 0.29) is 22.5 Å². The Bertz CT molecular complexity index is 2250. The molecule has 14 nitrogen and oxygen atoms in total. The Hall–Kier alpha value is -6.62. The van der Waals surface area contributed by atoms with Crippen LogP contribution in [-0.2, 0) is 28.7 Å². The van der Waals surface area contributed by atoms with Gasteiger partial charge in [-0.2, -0.15) is 10.5 Å². The minimum Gasteiger partial charge on any atom is -0.454 e. The van der Waals surface area contributed by atoms with Crippen molar-refractivity contribution < 1.29 is 47.8 Å². The van der Waals surface area contributed by atoms with Gasteiger partial charge in [0.1, 0.15) is 0 Å². The molecule has 16 heteroatoms. The highest BCUT2D eigenvalue weighted by atomic mass is 79.9. The van der Waals surface area contributed by atoms with Crippen molar-refractivity contribution in [3.63, 3.8) is 0 Å². The van der Waals surface area contributed by atoms with Crippen LogP contribution < -0.4 is 9.80 Å². The first-order chi connectivity index (χ1) is 27.3. The first-order valence-electron chi connectivity index (χ1n) is 17.0. The largest absolute Gasteiger partial charge is 0.454 e. The summed E-state index contributed by atoms with van der Waals surface area (Å²) in [6.45, 7) is -1.07. The van der Waals surface area contributed by atoms with Crippen LogP contribution in [0.2, 0.25) is 0 Å². The molecule has 4 amide bonds. The van der Waals surface area contributed by atoms with E-state index in [0.717, 1.165) is 18.7 Å². The highest BCUT2D eigenvalue weighted by Gasteiger charge is 2.62. The summed E-state index contributed by atoms with van der Waals surface area (Å²) in [4.78, 5) is 106. The zero-order chi connectivity index (χ0) is 41.0. The van der Waals surface area contributed by atoms with E-state index in [1.807, 2.05) is 0 Å². The molecular weight excluding hydrogens is 868 g/mol. The Morgan fingerprint density at radius 3 is 1.19 bits per heavy atom. The molecule has 2 fully saturated rings. The number of benzene rings is 4. The number of Topliss-reactive ketones (excluding diaryl/α,β-unsaturated/α-hetero) is 2. The van der Waals surface area contributed by atoms with E-state index < -0.39 is 90.4 Å². The Labute approximate surface area is 340 Å². The van der Waals surface area contributed by atoms with Crippen LogP contribution in [0.15, 0.2) is 106 Å². The van der Waals surface area contributed by atoms with Gasteiger partial charge in [-0.25, -0.2) is 9.59 Å². The molecule has 2 saturated heterocycles. The predicted molar refractivity (Wildman–Crippen MR) is 205 cm³/mol. The molecule has 2 aliphatic heterocycles. The van der Waals surface area contributed by atoms with Gasteiger partial charge in [-0.15, -0.1) is 0 Å². The highest BCUT2D eigenvalue weighted by Crippen LogP contribution is 2.47. The third-order valence-corrected chi connectivity index (χ3v) is 10.5. The Morgan fingerprint density at radius 1 is 0.561 bits per heavy atom. The van der Waals surface area contributed by atoms with Gasteiger partial charge < -0.3 is 9.47 Å². The summed E-state index contributed by atoms with van der Waals surface area (Å²) in [5, 5.41) is 20.7. The molecular formula is C41H26Br2N4O10. The minimum absolute atomic E-state index is 0.00603. The molecule has 4 aromatic rings. The molecule has 0 N–H and O–H groups in total. The van der Waals surface area contributed by atoms with Crippen LogP contribution in [0.3, 0.4) is 0 Å². The van der Waals surface area contributed by atoms with Crippen LogP contribution in [0.25, 0.3) is 0 Å². The number of anilines is 2. The van der Waals surface area contributed by atoms with Crippen LogP contribution in [0, 0.1) is 39.9 Å². The standard InChI is InChI=1S/C41H26Br2N4O10/c42-27-9-1-23(2-10-27)33(48)19-56-39(54)25-5-13-29(14-6-25)46-35(50)17-31(37(46)52)41(21-44,22-45)32-18-36(51)47(38(32)53)30-15-7-26(8-16-30)40(55)57-20-34(49)24-3-11-28(43)12-4-24/h1-16,31-32H,17-20H2. The Kier molecular flexibility index (Phi) is 11.7. The smallest absolute Gasteiger partial charge is 0.338 e. The summed E-state index contributed by atoms with van der Waals surface area (Å²) in [6, 6.07) is 26.6. The van der Waals surface area contributed by atoms with E-state index in [0.29, 0.717) is 11.1 Å². The van der Waals surface area contributed by atoms with Crippen LogP contribution >= 0.6 is 31.9 Å². The average molecular weight is 894 g/mol. The summed E-state index contributed by atoms with van der Waals surface area (Å²) in [5.74, 6) is -9.31. The van der Waals surface area contributed by atoms with Crippen molar-refractivity contribution in [2.24, 2.45) is 17.3 Å². The SMILES string of the molecule is N#CC(C#N)(C1CC(=O)N(c2ccc(C(=O)OCC(=O)c3ccc(Br)cc3)cc2)C1=O)C1CC(=O)N(c2ccc(C(=O)OCC(=O)c3ccc(Br)cc3)cc2)C1=O. The maximum atomic E-state index is 13.8. The lowest BCUT2D eigenvalue weighted by Gasteiger charge is -2.28.